The van der Waals surface area contributed by atoms with Gasteiger partial charge in [0.15, 0.2) is 0 Å². The molecular formula is C16H26N2O. The highest BCUT2D eigenvalue weighted by Crippen LogP contribution is 2.19. The molecule has 106 valence electrons. The molecule has 0 saturated carbocycles. The number of carbonyl (C=O) groups excluding carboxylic acids is 1. The van der Waals surface area contributed by atoms with Crippen LogP contribution in [0.2, 0.25) is 0 Å². The summed E-state index contributed by atoms with van der Waals surface area (Å²) in [5.41, 5.74) is 9.29. The van der Waals surface area contributed by atoms with Crippen LogP contribution in [0.1, 0.15) is 49.4 Å². The minimum absolute atomic E-state index is 0.0269. The van der Waals surface area contributed by atoms with Gasteiger partial charge in [-0.25, -0.2) is 0 Å². The van der Waals surface area contributed by atoms with Crippen molar-refractivity contribution in [3.05, 3.63) is 34.9 Å². The molecule has 0 aliphatic rings. The molecule has 19 heavy (non-hydrogen) atoms. The van der Waals surface area contributed by atoms with E-state index < -0.39 is 0 Å². The van der Waals surface area contributed by atoms with Crippen molar-refractivity contribution < 1.29 is 4.79 Å². The van der Waals surface area contributed by atoms with Gasteiger partial charge in [0.1, 0.15) is 0 Å². The Morgan fingerprint density at radius 2 is 2.05 bits per heavy atom. The third-order valence-corrected chi connectivity index (χ3v) is 3.54. The number of carbonyl (C=O) groups is 1. The number of rotatable bonds is 6. The van der Waals surface area contributed by atoms with Gasteiger partial charge < -0.3 is 11.1 Å². The average Bonchev–Trinajstić information content (AvgIpc) is 2.35. The number of hydrogen-bond acceptors (Lipinski definition) is 2. The zero-order valence-electron chi connectivity index (χ0n) is 12.5. The Labute approximate surface area is 116 Å². The Bertz CT molecular complexity index is 429. The molecule has 0 aliphatic carbocycles. The second kappa shape index (κ2) is 7.29. The molecule has 3 N–H and O–H groups in total. The predicted molar refractivity (Wildman–Crippen MR) is 79.9 cm³/mol. The zero-order chi connectivity index (χ0) is 14.4. The standard InChI is InChI=1S/C16H26N2O/c1-5-6-14(10-17)16(19)18-13(4)15-8-7-11(2)9-12(15)3/h7-9,13-14H,5-6,10,17H2,1-4H3,(H,18,19). The van der Waals surface area contributed by atoms with Crippen LogP contribution in [0.4, 0.5) is 0 Å². The van der Waals surface area contributed by atoms with E-state index in [9.17, 15) is 4.79 Å². The van der Waals surface area contributed by atoms with Crippen molar-refractivity contribution in [2.75, 3.05) is 6.54 Å². The number of aryl methyl sites for hydroxylation is 2. The summed E-state index contributed by atoms with van der Waals surface area (Å²) in [6, 6.07) is 6.34. The summed E-state index contributed by atoms with van der Waals surface area (Å²) < 4.78 is 0. The summed E-state index contributed by atoms with van der Waals surface area (Å²) in [4.78, 5) is 12.1. The highest BCUT2D eigenvalue weighted by Gasteiger charge is 2.18. The minimum Gasteiger partial charge on any atom is -0.349 e. The van der Waals surface area contributed by atoms with Crippen LogP contribution in [0.15, 0.2) is 18.2 Å². The first-order valence-electron chi connectivity index (χ1n) is 7.07. The first-order valence-corrected chi connectivity index (χ1v) is 7.07. The van der Waals surface area contributed by atoms with E-state index >= 15 is 0 Å². The van der Waals surface area contributed by atoms with E-state index in [1.165, 1.54) is 16.7 Å². The van der Waals surface area contributed by atoms with E-state index in [4.69, 9.17) is 5.73 Å². The molecule has 3 heteroatoms. The van der Waals surface area contributed by atoms with Crippen molar-refractivity contribution in [2.45, 2.75) is 46.6 Å². The predicted octanol–water partition coefficient (Wildman–Crippen LogP) is 2.86. The van der Waals surface area contributed by atoms with Crippen LogP contribution in [0.5, 0.6) is 0 Å². The van der Waals surface area contributed by atoms with Crippen LogP contribution in [0, 0.1) is 19.8 Å². The molecule has 2 atom stereocenters. The van der Waals surface area contributed by atoms with Gasteiger partial charge in [-0.15, -0.1) is 0 Å². The van der Waals surface area contributed by atoms with Gasteiger partial charge in [0, 0.05) is 6.54 Å². The molecule has 2 unspecified atom stereocenters. The third kappa shape index (κ3) is 4.35. The van der Waals surface area contributed by atoms with Crippen molar-refractivity contribution >= 4 is 5.91 Å². The topological polar surface area (TPSA) is 55.1 Å². The second-order valence-electron chi connectivity index (χ2n) is 5.31. The lowest BCUT2D eigenvalue weighted by Crippen LogP contribution is -2.36. The first kappa shape index (κ1) is 15.7. The zero-order valence-corrected chi connectivity index (χ0v) is 12.5. The lowest BCUT2D eigenvalue weighted by Gasteiger charge is -2.20. The van der Waals surface area contributed by atoms with Gasteiger partial charge in [0.05, 0.1) is 12.0 Å². The summed E-state index contributed by atoms with van der Waals surface area (Å²) in [7, 11) is 0. The lowest BCUT2D eigenvalue weighted by molar-refractivity contribution is -0.125. The van der Waals surface area contributed by atoms with Crippen LogP contribution in [0.3, 0.4) is 0 Å². The molecule has 1 amide bonds. The van der Waals surface area contributed by atoms with E-state index in [-0.39, 0.29) is 17.9 Å². The van der Waals surface area contributed by atoms with E-state index in [1.807, 2.05) is 6.92 Å². The number of amides is 1. The molecule has 0 radical (unpaired) electrons. The van der Waals surface area contributed by atoms with Crippen LogP contribution < -0.4 is 11.1 Å². The monoisotopic (exact) mass is 262 g/mol. The quantitative estimate of drug-likeness (QED) is 0.828. The number of hydrogen-bond donors (Lipinski definition) is 2. The highest BCUT2D eigenvalue weighted by atomic mass is 16.1. The molecule has 1 aromatic rings. The SMILES string of the molecule is CCCC(CN)C(=O)NC(C)c1ccc(C)cc1C. The van der Waals surface area contributed by atoms with Gasteiger partial charge in [-0.1, -0.05) is 37.1 Å². The lowest BCUT2D eigenvalue weighted by atomic mass is 9.98. The average molecular weight is 262 g/mol. The van der Waals surface area contributed by atoms with Gasteiger partial charge in [-0.2, -0.15) is 0 Å². The summed E-state index contributed by atoms with van der Waals surface area (Å²) in [5.74, 6) is -0.00460. The van der Waals surface area contributed by atoms with E-state index in [0.29, 0.717) is 6.54 Å². The molecule has 3 nitrogen and oxygen atoms in total. The fraction of sp³-hybridized carbons (Fsp3) is 0.562. The normalized spacial score (nSPS) is 13.9. The Balaban J connectivity index is 2.73. The van der Waals surface area contributed by atoms with Crippen molar-refractivity contribution in [1.82, 2.24) is 5.32 Å². The fourth-order valence-electron chi connectivity index (χ4n) is 2.42. The van der Waals surface area contributed by atoms with E-state index in [1.54, 1.807) is 0 Å². The molecule has 0 saturated heterocycles. The Morgan fingerprint density at radius 3 is 2.58 bits per heavy atom. The summed E-state index contributed by atoms with van der Waals surface area (Å²) in [5, 5.41) is 3.07. The van der Waals surface area contributed by atoms with Crippen molar-refractivity contribution in [2.24, 2.45) is 11.7 Å². The summed E-state index contributed by atoms with van der Waals surface area (Å²) in [6.07, 6.45) is 1.83. The Kier molecular flexibility index (Phi) is 6.03. The number of nitrogens with one attached hydrogen (secondary N) is 1. The molecule has 0 heterocycles. The fourth-order valence-corrected chi connectivity index (χ4v) is 2.42. The molecule has 0 aromatic heterocycles. The van der Waals surface area contributed by atoms with Gasteiger partial charge in [0.25, 0.3) is 0 Å². The smallest absolute Gasteiger partial charge is 0.224 e. The van der Waals surface area contributed by atoms with E-state index in [0.717, 1.165) is 12.8 Å². The van der Waals surface area contributed by atoms with E-state index in [2.05, 4.69) is 44.3 Å². The summed E-state index contributed by atoms with van der Waals surface area (Å²) >= 11 is 0. The maximum atomic E-state index is 12.1. The molecule has 1 aromatic carbocycles. The molecule has 1 rings (SSSR count). The van der Waals surface area contributed by atoms with Crippen LogP contribution in [-0.2, 0) is 4.79 Å². The largest absolute Gasteiger partial charge is 0.349 e. The second-order valence-corrected chi connectivity index (χ2v) is 5.31. The highest BCUT2D eigenvalue weighted by molar-refractivity contribution is 5.79. The molecular weight excluding hydrogens is 236 g/mol. The number of nitrogens with two attached hydrogens (primary N) is 1. The van der Waals surface area contributed by atoms with Crippen LogP contribution in [0.25, 0.3) is 0 Å². The van der Waals surface area contributed by atoms with Crippen molar-refractivity contribution in [3.63, 3.8) is 0 Å². The number of benzene rings is 1. The molecule has 0 bridgehead atoms. The van der Waals surface area contributed by atoms with Gasteiger partial charge >= 0.3 is 0 Å². The molecule has 0 spiro atoms. The molecule has 0 fully saturated rings. The summed E-state index contributed by atoms with van der Waals surface area (Å²) in [6.45, 7) is 8.67. The van der Waals surface area contributed by atoms with Gasteiger partial charge in [0.2, 0.25) is 5.91 Å². The van der Waals surface area contributed by atoms with Crippen molar-refractivity contribution in [1.29, 1.82) is 0 Å². The Morgan fingerprint density at radius 1 is 1.37 bits per heavy atom. The van der Waals surface area contributed by atoms with Crippen LogP contribution in [-0.4, -0.2) is 12.5 Å². The van der Waals surface area contributed by atoms with Crippen molar-refractivity contribution in [3.8, 4) is 0 Å². The van der Waals surface area contributed by atoms with Gasteiger partial charge in [-0.3, -0.25) is 4.79 Å². The van der Waals surface area contributed by atoms with Crippen LogP contribution >= 0.6 is 0 Å². The maximum absolute atomic E-state index is 12.1. The molecule has 0 aliphatic heterocycles. The van der Waals surface area contributed by atoms with Gasteiger partial charge in [-0.05, 0) is 38.3 Å². The third-order valence-electron chi connectivity index (χ3n) is 3.54. The Hall–Kier alpha value is -1.35. The maximum Gasteiger partial charge on any atom is 0.224 e. The first-order chi connectivity index (χ1) is 8.99. The minimum atomic E-state index is -0.0711.